The van der Waals surface area contributed by atoms with Gasteiger partial charge >= 0.3 is 5.97 Å². The van der Waals surface area contributed by atoms with E-state index in [-0.39, 0.29) is 17.2 Å². The number of benzene rings is 1. The van der Waals surface area contributed by atoms with Gasteiger partial charge in [-0.1, -0.05) is 29.0 Å². The molecule has 2 aromatic heterocycles. The van der Waals surface area contributed by atoms with E-state index in [0.717, 1.165) is 15.3 Å². The number of hydrogen-bond acceptors (Lipinski definition) is 6. The first-order valence-corrected chi connectivity index (χ1v) is 8.89. The van der Waals surface area contributed by atoms with Gasteiger partial charge in [0.25, 0.3) is 5.56 Å². The summed E-state index contributed by atoms with van der Waals surface area (Å²) in [6.45, 7) is 1.10. The predicted octanol–water partition coefficient (Wildman–Crippen LogP) is 2.69. The Kier molecular flexibility index (Phi) is 3.97. The van der Waals surface area contributed by atoms with Crippen LogP contribution in [0.3, 0.4) is 0 Å². The Bertz CT molecular complexity index is 1020. The van der Waals surface area contributed by atoms with E-state index in [1.807, 2.05) is 23.1 Å². The third-order valence-corrected chi connectivity index (χ3v) is 5.48. The van der Waals surface area contributed by atoms with E-state index < -0.39 is 5.97 Å². The van der Waals surface area contributed by atoms with Crippen LogP contribution >= 0.6 is 22.9 Å². The van der Waals surface area contributed by atoms with Crippen molar-refractivity contribution in [2.75, 3.05) is 18.0 Å². The molecule has 0 saturated carbocycles. The number of thiazole rings is 1. The van der Waals surface area contributed by atoms with E-state index in [9.17, 15) is 9.59 Å². The molecule has 25 heavy (non-hydrogen) atoms. The van der Waals surface area contributed by atoms with Gasteiger partial charge in [0.1, 0.15) is 17.2 Å². The zero-order valence-corrected chi connectivity index (χ0v) is 14.9. The third kappa shape index (κ3) is 2.89. The molecule has 1 aromatic carbocycles. The first-order chi connectivity index (χ1) is 12.0. The summed E-state index contributed by atoms with van der Waals surface area (Å²) in [5.74, 6) is -0.585. The number of carbonyl (C=O) groups excluding carboxylic acids is 1. The molecule has 0 spiro atoms. The Balaban J connectivity index is 1.43. The second-order valence-corrected chi connectivity index (χ2v) is 7.27. The maximum Gasteiger partial charge on any atom is 0.344 e. The van der Waals surface area contributed by atoms with Crippen LogP contribution in [0.2, 0.25) is 5.02 Å². The topological polar surface area (TPSA) is 64.4 Å². The Hall–Kier alpha value is -2.38. The second kappa shape index (κ2) is 6.16. The molecule has 8 heteroatoms. The summed E-state index contributed by atoms with van der Waals surface area (Å²) in [4.78, 5) is 30.7. The number of aryl methyl sites for hydroxylation is 1. The summed E-state index contributed by atoms with van der Waals surface area (Å²) in [7, 11) is 1.60. The normalized spacial score (nSPS) is 14.6. The lowest BCUT2D eigenvalue weighted by Gasteiger charge is -2.38. The van der Waals surface area contributed by atoms with Crippen molar-refractivity contribution in [1.29, 1.82) is 0 Å². The Morgan fingerprint density at radius 3 is 2.88 bits per heavy atom. The van der Waals surface area contributed by atoms with E-state index in [2.05, 4.69) is 4.98 Å². The summed E-state index contributed by atoms with van der Waals surface area (Å²) in [6.07, 6.45) is 1.35. The van der Waals surface area contributed by atoms with Crippen LogP contribution in [0.15, 0.2) is 41.3 Å². The minimum atomic E-state index is -0.585. The molecule has 0 bridgehead atoms. The Morgan fingerprint density at radius 1 is 1.32 bits per heavy atom. The smallest absolute Gasteiger partial charge is 0.344 e. The van der Waals surface area contributed by atoms with E-state index >= 15 is 0 Å². The van der Waals surface area contributed by atoms with Crippen LogP contribution in [0.4, 0.5) is 5.13 Å². The van der Waals surface area contributed by atoms with Crippen molar-refractivity contribution in [3.63, 3.8) is 0 Å². The molecule has 4 rings (SSSR count). The van der Waals surface area contributed by atoms with Crippen LogP contribution in [0.25, 0.3) is 10.2 Å². The highest BCUT2D eigenvalue weighted by molar-refractivity contribution is 7.22. The van der Waals surface area contributed by atoms with Crippen LogP contribution in [-0.2, 0) is 11.8 Å². The Labute approximate surface area is 152 Å². The van der Waals surface area contributed by atoms with Gasteiger partial charge in [-0.15, -0.1) is 0 Å². The van der Waals surface area contributed by atoms with Crippen molar-refractivity contribution in [1.82, 2.24) is 9.55 Å². The molecule has 3 heterocycles. The van der Waals surface area contributed by atoms with Gasteiger partial charge in [0.15, 0.2) is 5.13 Å². The van der Waals surface area contributed by atoms with Gasteiger partial charge in [-0.25, -0.2) is 9.78 Å². The van der Waals surface area contributed by atoms with Gasteiger partial charge in [-0.2, -0.15) is 0 Å². The van der Waals surface area contributed by atoms with Crippen molar-refractivity contribution in [3.05, 3.63) is 57.5 Å². The number of halogens is 1. The maximum atomic E-state index is 12.2. The third-order valence-electron chi connectivity index (χ3n) is 4.09. The molecule has 1 fully saturated rings. The lowest BCUT2D eigenvalue weighted by Crippen LogP contribution is -2.53. The molecule has 3 aromatic rings. The molecule has 0 atom stereocenters. The fourth-order valence-electron chi connectivity index (χ4n) is 2.67. The zero-order valence-electron chi connectivity index (χ0n) is 13.3. The summed E-state index contributed by atoms with van der Waals surface area (Å²) >= 11 is 7.71. The molecule has 128 valence electrons. The first-order valence-electron chi connectivity index (χ1n) is 7.69. The number of carbonyl (C=O) groups is 1. The molecule has 1 aliphatic heterocycles. The molecular weight excluding hydrogens is 362 g/mol. The maximum absolute atomic E-state index is 12.2. The van der Waals surface area contributed by atoms with Crippen LogP contribution < -0.4 is 10.5 Å². The fraction of sp³-hybridized carbons (Fsp3) is 0.235. The highest BCUT2D eigenvalue weighted by Gasteiger charge is 2.33. The number of esters is 1. The number of pyridine rings is 1. The van der Waals surface area contributed by atoms with Crippen molar-refractivity contribution >= 4 is 44.3 Å². The highest BCUT2D eigenvalue weighted by atomic mass is 35.5. The van der Waals surface area contributed by atoms with Crippen LogP contribution in [0, 0.1) is 0 Å². The summed E-state index contributed by atoms with van der Waals surface area (Å²) < 4.78 is 7.79. The average Bonchev–Trinajstić information content (AvgIpc) is 2.98. The van der Waals surface area contributed by atoms with E-state index in [0.29, 0.717) is 18.1 Å². The number of anilines is 1. The van der Waals surface area contributed by atoms with Gasteiger partial charge < -0.3 is 14.2 Å². The molecule has 0 unspecified atom stereocenters. The monoisotopic (exact) mass is 375 g/mol. The molecule has 0 N–H and O–H groups in total. The number of ether oxygens (including phenoxy) is 1. The number of nitrogens with zero attached hydrogens (tertiary/aromatic N) is 3. The van der Waals surface area contributed by atoms with Crippen LogP contribution in [0.5, 0.6) is 0 Å². The SMILES string of the molecule is Cn1cccc(C(=O)OC2CN(c3nc4c(Cl)cccc4s3)C2)c1=O. The number of para-hydroxylation sites is 1. The van der Waals surface area contributed by atoms with Gasteiger partial charge in [-0.3, -0.25) is 4.79 Å². The van der Waals surface area contributed by atoms with Gasteiger partial charge in [0, 0.05) is 13.2 Å². The minimum absolute atomic E-state index is 0.0511. The van der Waals surface area contributed by atoms with Crippen molar-refractivity contribution in [2.24, 2.45) is 7.05 Å². The van der Waals surface area contributed by atoms with Crippen molar-refractivity contribution in [2.45, 2.75) is 6.10 Å². The fourth-order valence-corrected chi connectivity index (χ4v) is 3.96. The summed E-state index contributed by atoms with van der Waals surface area (Å²) in [6, 6.07) is 8.82. The van der Waals surface area contributed by atoms with Crippen LogP contribution in [-0.4, -0.2) is 34.7 Å². The molecule has 0 aliphatic carbocycles. The standard InChI is InChI=1S/C17H14ClN3O3S/c1-20-7-3-4-11(15(20)22)16(23)24-10-8-21(9-10)17-19-14-12(18)5-2-6-13(14)25-17/h2-7,10H,8-9H2,1H3. The quantitative estimate of drug-likeness (QED) is 0.658. The van der Waals surface area contributed by atoms with E-state index in [1.54, 1.807) is 30.6 Å². The van der Waals surface area contributed by atoms with E-state index in [1.165, 1.54) is 10.6 Å². The van der Waals surface area contributed by atoms with E-state index in [4.69, 9.17) is 16.3 Å². The second-order valence-electron chi connectivity index (χ2n) is 5.85. The van der Waals surface area contributed by atoms with Crippen molar-refractivity contribution < 1.29 is 9.53 Å². The molecule has 1 aliphatic rings. The molecule has 6 nitrogen and oxygen atoms in total. The number of aromatic nitrogens is 2. The van der Waals surface area contributed by atoms with Gasteiger partial charge in [0.2, 0.25) is 0 Å². The summed E-state index contributed by atoms with van der Waals surface area (Å²) in [5.41, 5.74) is 0.483. The molecule has 0 radical (unpaired) electrons. The molecule has 0 amide bonds. The summed E-state index contributed by atoms with van der Waals surface area (Å²) in [5, 5.41) is 1.48. The largest absolute Gasteiger partial charge is 0.455 e. The minimum Gasteiger partial charge on any atom is -0.455 e. The zero-order chi connectivity index (χ0) is 17.6. The predicted molar refractivity (Wildman–Crippen MR) is 97.7 cm³/mol. The molecule has 1 saturated heterocycles. The van der Waals surface area contributed by atoms with Gasteiger partial charge in [0.05, 0.1) is 22.8 Å². The lowest BCUT2D eigenvalue weighted by molar-refractivity contribution is 0.0231. The molecular formula is C17H14ClN3O3S. The highest BCUT2D eigenvalue weighted by Crippen LogP contribution is 2.34. The number of rotatable bonds is 3. The first kappa shape index (κ1) is 16.1. The Morgan fingerprint density at radius 2 is 2.12 bits per heavy atom. The number of fused-ring (bicyclic) bond motifs is 1. The lowest BCUT2D eigenvalue weighted by atomic mass is 10.2. The number of hydrogen-bond donors (Lipinski definition) is 0. The average molecular weight is 376 g/mol. The van der Waals surface area contributed by atoms with Crippen molar-refractivity contribution in [3.8, 4) is 0 Å². The van der Waals surface area contributed by atoms with Gasteiger partial charge in [-0.05, 0) is 24.3 Å². The van der Waals surface area contributed by atoms with Crippen LogP contribution in [0.1, 0.15) is 10.4 Å².